The second-order valence-corrected chi connectivity index (χ2v) is 12.6. The van der Waals surface area contributed by atoms with Crippen LogP contribution in [0.2, 0.25) is 0 Å². The van der Waals surface area contributed by atoms with E-state index >= 15 is 0 Å². The quantitative estimate of drug-likeness (QED) is 0.430. The summed E-state index contributed by atoms with van der Waals surface area (Å²) < 4.78 is 0. The van der Waals surface area contributed by atoms with Crippen LogP contribution >= 0.6 is 0 Å². The number of fused-ring (bicyclic) bond motifs is 3. The number of rotatable bonds is 4. The SMILES string of the molecule is CC1=C2N(c3ccccc3C2(C2CCCCC2)C2CCCC2)C(C2CCCC2)N1c1ccccc1C. The first-order chi connectivity index (χ1) is 17.7. The van der Waals surface area contributed by atoms with Gasteiger partial charge in [0.2, 0.25) is 0 Å². The van der Waals surface area contributed by atoms with Crippen LogP contribution in [0.1, 0.15) is 102 Å². The van der Waals surface area contributed by atoms with Crippen molar-refractivity contribution in [2.75, 3.05) is 9.80 Å². The molecule has 0 aromatic heterocycles. The van der Waals surface area contributed by atoms with Crippen LogP contribution in [0.5, 0.6) is 0 Å². The van der Waals surface area contributed by atoms with Crippen molar-refractivity contribution in [2.45, 2.75) is 109 Å². The van der Waals surface area contributed by atoms with Gasteiger partial charge in [-0.1, -0.05) is 81.3 Å². The summed E-state index contributed by atoms with van der Waals surface area (Å²) in [6.07, 6.45) is 18.7. The predicted octanol–water partition coefficient (Wildman–Crippen LogP) is 9.09. The molecule has 0 radical (unpaired) electrons. The first-order valence-electron chi connectivity index (χ1n) is 15.2. The molecular weight excluding hydrogens is 436 g/mol. The third-order valence-corrected chi connectivity index (χ3v) is 10.9. The molecule has 36 heavy (non-hydrogen) atoms. The van der Waals surface area contributed by atoms with Crippen molar-refractivity contribution in [1.82, 2.24) is 0 Å². The minimum absolute atomic E-state index is 0.200. The molecule has 2 aliphatic heterocycles. The van der Waals surface area contributed by atoms with Crippen LogP contribution in [0.4, 0.5) is 11.4 Å². The van der Waals surface area contributed by atoms with Crippen molar-refractivity contribution < 1.29 is 0 Å². The van der Waals surface area contributed by atoms with Gasteiger partial charge in [-0.15, -0.1) is 0 Å². The van der Waals surface area contributed by atoms with Gasteiger partial charge in [0, 0.05) is 22.5 Å². The van der Waals surface area contributed by atoms with Gasteiger partial charge >= 0.3 is 0 Å². The molecule has 2 aromatic rings. The number of allylic oxidation sites excluding steroid dienone is 2. The number of aryl methyl sites for hydroxylation is 1. The zero-order valence-corrected chi connectivity index (χ0v) is 22.5. The van der Waals surface area contributed by atoms with E-state index in [4.69, 9.17) is 0 Å². The first-order valence-corrected chi connectivity index (χ1v) is 15.2. The molecule has 0 saturated heterocycles. The molecule has 2 unspecified atom stereocenters. The van der Waals surface area contributed by atoms with Gasteiger partial charge in [-0.2, -0.15) is 0 Å². The van der Waals surface area contributed by atoms with Crippen molar-refractivity contribution in [3.05, 3.63) is 71.1 Å². The summed E-state index contributed by atoms with van der Waals surface area (Å²) in [7, 11) is 0. The van der Waals surface area contributed by atoms with Crippen LogP contribution in [-0.2, 0) is 5.41 Å². The molecule has 2 aromatic carbocycles. The summed E-state index contributed by atoms with van der Waals surface area (Å²) in [6.45, 7) is 4.82. The second-order valence-electron chi connectivity index (χ2n) is 12.6. The highest BCUT2D eigenvalue weighted by molar-refractivity contribution is 5.79. The lowest BCUT2D eigenvalue weighted by molar-refractivity contribution is 0.167. The van der Waals surface area contributed by atoms with E-state index < -0.39 is 0 Å². The number of hydrogen-bond donors (Lipinski definition) is 0. The van der Waals surface area contributed by atoms with Crippen LogP contribution in [-0.4, -0.2) is 6.17 Å². The van der Waals surface area contributed by atoms with E-state index in [1.54, 1.807) is 22.6 Å². The van der Waals surface area contributed by atoms with Gasteiger partial charge in [-0.25, -0.2) is 0 Å². The standard InChI is InChI=1S/C34H44N2/c1-24-14-6-12-22-30(24)35-25(2)32-34(28-19-9-10-20-28,27-17-4-3-5-18-27)29-21-11-13-23-31(29)36(32)33(35)26-15-7-8-16-26/h6,11-14,21-23,26-28,33H,3-5,7-10,15-20H2,1-2H3. The van der Waals surface area contributed by atoms with Gasteiger partial charge in [-0.05, 0) is 93.4 Å². The fourth-order valence-corrected chi connectivity index (χ4v) is 9.59. The zero-order chi connectivity index (χ0) is 24.3. The second kappa shape index (κ2) is 8.96. The number of benzene rings is 2. The molecule has 7 rings (SSSR count). The summed E-state index contributed by atoms with van der Waals surface area (Å²) >= 11 is 0. The van der Waals surface area contributed by atoms with Gasteiger partial charge in [-0.3, -0.25) is 0 Å². The third-order valence-electron chi connectivity index (χ3n) is 10.9. The predicted molar refractivity (Wildman–Crippen MR) is 151 cm³/mol. The fourth-order valence-electron chi connectivity index (χ4n) is 9.59. The average Bonchev–Trinajstić information content (AvgIpc) is 3.71. The molecule has 0 spiro atoms. The van der Waals surface area contributed by atoms with E-state index in [2.05, 4.69) is 72.2 Å². The lowest BCUT2D eigenvalue weighted by atomic mass is 9.57. The number of hydrogen-bond acceptors (Lipinski definition) is 2. The first kappa shape index (κ1) is 22.9. The smallest absolute Gasteiger partial charge is 0.113 e. The molecule has 0 amide bonds. The Hall–Kier alpha value is -2.22. The zero-order valence-electron chi connectivity index (χ0n) is 22.5. The lowest BCUT2D eigenvalue weighted by Crippen LogP contribution is -2.47. The Morgan fingerprint density at radius 2 is 1.17 bits per heavy atom. The van der Waals surface area contributed by atoms with Gasteiger partial charge in [0.25, 0.3) is 0 Å². The summed E-state index contributed by atoms with van der Waals surface area (Å²) in [5.74, 6) is 2.31. The molecule has 3 saturated carbocycles. The van der Waals surface area contributed by atoms with Crippen molar-refractivity contribution in [3.63, 3.8) is 0 Å². The molecule has 0 N–H and O–H groups in total. The van der Waals surface area contributed by atoms with Crippen LogP contribution in [0, 0.1) is 24.7 Å². The van der Waals surface area contributed by atoms with E-state index in [1.807, 2.05) is 0 Å². The minimum atomic E-state index is 0.200. The Kier molecular flexibility index (Phi) is 5.71. The molecule has 3 aliphatic carbocycles. The fraction of sp³-hybridized carbons (Fsp3) is 0.588. The Morgan fingerprint density at radius 3 is 1.83 bits per heavy atom. The highest BCUT2D eigenvalue weighted by Gasteiger charge is 2.62. The largest absolute Gasteiger partial charge is 0.322 e. The molecular formula is C34H44N2. The van der Waals surface area contributed by atoms with E-state index in [1.165, 1.54) is 94.7 Å². The number of anilines is 2. The minimum Gasteiger partial charge on any atom is -0.322 e. The van der Waals surface area contributed by atoms with Crippen LogP contribution in [0.25, 0.3) is 0 Å². The maximum atomic E-state index is 2.93. The highest BCUT2D eigenvalue weighted by Crippen LogP contribution is 2.66. The lowest BCUT2D eigenvalue weighted by Gasteiger charge is -2.46. The summed E-state index contributed by atoms with van der Waals surface area (Å²) in [6, 6.07) is 18.9. The molecule has 0 bridgehead atoms. The molecule has 2 atom stereocenters. The molecule has 2 nitrogen and oxygen atoms in total. The molecule has 2 heterocycles. The monoisotopic (exact) mass is 480 g/mol. The molecule has 2 heteroatoms. The van der Waals surface area contributed by atoms with Gasteiger partial charge in [0.1, 0.15) is 6.17 Å². The maximum Gasteiger partial charge on any atom is 0.113 e. The van der Waals surface area contributed by atoms with E-state index in [9.17, 15) is 0 Å². The van der Waals surface area contributed by atoms with Gasteiger partial charge < -0.3 is 9.80 Å². The molecule has 5 aliphatic rings. The van der Waals surface area contributed by atoms with Crippen LogP contribution < -0.4 is 9.80 Å². The summed E-state index contributed by atoms with van der Waals surface area (Å²) in [5.41, 5.74) is 9.60. The van der Waals surface area contributed by atoms with Crippen molar-refractivity contribution in [3.8, 4) is 0 Å². The molecule has 190 valence electrons. The highest BCUT2D eigenvalue weighted by atomic mass is 15.4. The van der Waals surface area contributed by atoms with Crippen molar-refractivity contribution in [2.24, 2.45) is 17.8 Å². The van der Waals surface area contributed by atoms with Crippen molar-refractivity contribution >= 4 is 11.4 Å². The van der Waals surface area contributed by atoms with E-state index in [0.717, 1.165) is 17.8 Å². The van der Waals surface area contributed by atoms with Gasteiger partial charge in [0.05, 0.1) is 5.70 Å². The van der Waals surface area contributed by atoms with Crippen molar-refractivity contribution in [1.29, 1.82) is 0 Å². The summed E-state index contributed by atoms with van der Waals surface area (Å²) in [5, 5.41) is 0. The normalized spacial score (nSPS) is 29.4. The van der Waals surface area contributed by atoms with E-state index in [0.29, 0.717) is 6.17 Å². The Balaban J connectivity index is 1.50. The third kappa shape index (κ3) is 3.15. The summed E-state index contributed by atoms with van der Waals surface area (Å²) in [4.78, 5) is 5.75. The maximum absolute atomic E-state index is 2.93. The van der Waals surface area contributed by atoms with Crippen LogP contribution in [0.3, 0.4) is 0 Å². The van der Waals surface area contributed by atoms with E-state index in [-0.39, 0.29) is 5.41 Å². The average molecular weight is 481 g/mol. The Morgan fingerprint density at radius 1 is 0.611 bits per heavy atom. The Bertz CT molecular complexity index is 1150. The Labute approximate surface area is 218 Å². The number of para-hydroxylation sites is 2. The van der Waals surface area contributed by atoms with Crippen LogP contribution in [0.15, 0.2) is 59.9 Å². The number of nitrogens with zero attached hydrogens (tertiary/aromatic N) is 2. The topological polar surface area (TPSA) is 6.48 Å². The van der Waals surface area contributed by atoms with Gasteiger partial charge in [0.15, 0.2) is 0 Å². The molecule has 3 fully saturated rings.